The molecule has 1 aliphatic rings. The van der Waals surface area contributed by atoms with Gasteiger partial charge in [0.1, 0.15) is 12.1 Å². The van der Waals surface area contributed by atoms with Crippen LogP contribution in [-0.2, 0) is 19.1 Å². The van der Waals surface area contributed by atoms with Crippen molar-refractivity contribution in [2.45, 2.75) is 84.9 Å². The molecule has 8 nitrogen and oxygen atoms in total. The van der Waals surface area contributed by atoms with Gasteiger partial charge in [0.2, 0.25) is 11.8 Å². The van der Waals surface area contributed by atoms with Gasteiger partial charge in [0, 0.05) is 19.3 Å². The first kappa shape index (κ1) is 28.8. The van der Waals surface area contributed by atoms with Gasteiger partial charge in [-0.3, -0.25) is 14.4 Å². The Morgan fingerprint density at radius 1 is 1.22 bits per heavy atom. The van der Waals surface area contributed by atoms with Crippen LogP contribution in [0.15, 0.2) is 29.8 Å². The van der Waals surface area contributed by atoms with Gasteiger partial charge in [-0.05, 0) is 49.8 Å². The fraction of sp³-hybridized carbons (Fsp3) is 0.571. The quantitative estimate of drug-likeness (QED) is 0.350. The number of rotatable bonds is 10. The Morgan fingerprint density at radius 2 is 1.92 bits per heavy atom. The zero-order chi connectivity index (χ0) is 27.2. The molecule has 0 bridgehead atoms. The van der Waals surface area contributed by atoms with Crippen LogP contribution in [0.5, 0.6) is 0 Å². The minimum atomic E-state index is -0.682. The number of likely N-dealkylation sites (tertiary alicyclic amines) is 1. The lowest BCUT2D eigenvalue weighted by Gasteiger charge is -2.28. The van der Waals surface area contributed by atoms with Gasteiger partial charge in [0.05, 0.1) is 28.7 Å². The van der Waals surface area contributed by atoms with Crippen molar-refractivity contribution in [3.8, 4) is 10.4 Å². The molecule has 9 heteroatoms. The van der Waals surface area contributed by atoms with Crippen LogP contribution in [0, 0.1) is 12.3 Å². The Bertz CT molecular complexity index is 1080. The van der Waals surface area contributed by atoms with Crippen molar-refractivity contribution in [1.82, 2.24) is 15.2 Å². The number of carbonyl (C=O) groups excluding carboxylic acids is 3. The van der Waals surface area contributed by atoms with Gasteiger partial charge in [-0.15, -0.1) is 11.3 Å². The Hall–Kier alpha value is -2.78. The number of benzene rings is 1. The van der Waals surface area contributed by atoms with Crippen molar-refractivity contribution in [3.05, 3.63) is 41.0 Å². The predicted molar refractivity (Wildman–Crippen MR) is 146 cm³/mol. The van der Waals surface area contributed by atoms with Crippen molar-refractivity contribution >= 4 is 29.1 Å². The number of aromatic nitrogens is 1. The maximum Gasteiger partial charge on any atom is 0.306 e. The SMILES string of the molecule is Cc1ncsc1-c1ccc([C@H](C)NC(=O)[C@@H]2C[C@@H](OC(=O)CCCCN)CN2C(=O)CC(C)(C)C)cc1. The summed E-state index contributed by atoms with van der Waals surface area (Å²) in [5.74, 6) is -0.655. The average Bonchev–Trinajstić information content (AvgIpc) is 3.44. The third-order valence-corrected chi connectivity index (χ3v) is 7.46. The lowest BCUT2D eigenvalue weighted by Crippen LogP contribution is -2.47. The number of ether oxygens (including phenoxy) is 1. The molecule has 1 saturated heterocycles. The number of hydrogen-bond acceptors (Lipinski definition) is 7. The van der Waals surface area contributed by atoms with Crippen LogP contribution in [0.25, 0.3) is 10.4 Å². The van der Waals surface area contributed by atoms with Crippen LogP contribution in [0.2, 0.25) is 0 Å². The van der Waals surface area contributed by atoms with Crippen LogP contribution in [0.4, 0.5) is 0 Å². The minimum absolute atomic E-state index is 0.105. The fourth-order valence-electron chi connectivity index (χ4n) is 4.52. The van der Waals surface area contributed by atoms with Gasteiger partial charge < -0.3 is 20.7 Å². The van der Waals surface area contributed by atoms with Crippen molar-refractivity contribution in [2.75, 3.05) is 13.1 Å². The highest BCUT2D eigenvalue weighted by Crippen LogP contribution is 2.29. The van der Waals surface area contributed by atoms with E-state index in [0.717, 1.165) is 28.1 Å². The highest BCUT2D eigenvalue weighted by atomic mass is 32.1. The molecule has 0 radical (unpaired) electrons. The fourth-order valence-corrected chi connectivity index (χ4v) is 5.33. The molecular weight excluding hydrogens is 488 g/mol. The number of esters is 1. The van der Waals surface area contributed by atoms with Gasteiger partial charge in [-0.1, -0.05) is 45.0 Å². The van der Waals surface area contributed by atoms with Crippen LogP contribution < -0.4 is 11.1 Å². The van der Waals surface area contributed by atoms with Crippen molar-refractivity contribution in [3.63, 3.8) is 0 Å². The van der Waals surface area contributed by atoms with E-state index >= 15 is 0 Å². The van der Waals surface area contributed by atoms with Crippen LogP contribution >= 0.6 is 11.3 Å². The lowest BCUT2D eigenvalue weighted by atomic mass is 9.91. The first-order valence-electron chi connectivity index (χ1n) is 13.0. The number of aryl methyl sites for hydroxylation is 1. The molecule has 0 aliphatic carbocycles. The summed E-state index contributed by atoms with van der Waals surface area (Å²) in [6, 6.07) is 7.14. The predicted octanol–water partition coefficient (Wildman–Crippen LogP) is 4.37. The molecule has 3 N–H and O–H groups in total. The second kappa shape index (κ2) is 12.6. The largest absolute Gasteiger partial charge is 0.460 e. The molecule has 2 heterocycles. The zero-order valence-electron chi connectivity index (χ0n) is 22.6. The summed E-state index contributed by atoms with van der Waals surface area (Å²) >= 11 is 1.60. The third-order valence-electron chi connectivity index (χ3n) is 6.48. The summed E-state index contributed by atoms with van der Waals surface area (Å²) in [6.07, 6.45) is 1.81. The molecule has 2 amide bonds. The molecule has 1 aromatic carbocycles. The van der Waals surface area contributed by atoms with Crippen molar-refractivity contribution in [2.24, 2.45) is 11.1 Å². The van der Waals surface area contributed by atoms with E-state index in [4.69, 9.17) is 10.5 Å². The van der Waals surface area contributed by atoms with Gasteiger partial charge in [0.15, 0.2) is 0 Å². The van der Waals surface area contributed by atoms with Gasteiger partial charge in [0.25, 0.3) is 0 Å². The number of unbranched alkanes of at least 4 members (excludes halogenated alkanes) is 1. The summed E-state index contributed by atoms with van der Waals surface area (Å²) in [5, 5.41) is 3.07. The topological polar surface area (TPSA) is 115 Å². The number of thiazole rings is 1. The summed E-state index contributed by atoms with van der Waals surface area (Å²) in [6.45, 7) is 10.6. The monoisotopic (exact) mass is 528 g/mol. The van der Waals surface area contributed by atoms with Crippen molar-refractivity contribution < 1.29 is 19.1 Å². The maximum absolute atomic E-state index is 13.4. The molecule has 1 aliphatic heterocycles. The molecule has 0 spiro atoms. The smallest absolute Gasteiger partial charge is 0.306 e. The van der Waals surface area contributed by atoms with Gasteiger partial charge >= 0.3 is 5.97 Å². The highest BCUT2D eigenvalue weighted by Gasteiger charge is 2.42. The first-order chi connectivity index (χ1) is 17.5. The Kier molecular flexibility index (Phi) is 9.84. The maximum atomic E-state index is 13.4. The van der Waals surface area contributed by atoms with Crippen LogP contribution in [0.3, 0.4) is 0 Å². The molecule has 0 unspecified atom stereocenters. The lowest BCUT2D eigenvalue weighted by molar-refractivity contribution is -0.149. The Labute approximate surface area is 224 Å². The van der Waals surface area contributed by atoms with E-state index in [1.165, 1.54) is 0 Å². The molecule has 1 fully saturated rings. The summed E-state index contributed by atoms with van der Waals surface area (Å²) in [7, 11) is 0. The minimum Gasteiger partial charge on any atom is -0.460 e. The molecule has 3 rings (SSSR count). The normalized spacial score (nSPS) is 18.5. The molecule has 2 aromatic rings. The Morgan fingerprint density at radius 3 is 2.51 bits per heavy atom. The van der Waals surface area contributed by atoms with E-state index in [9.17, 15) is 14.4 Å². The van der Waals surface area contributed by atoms with Gasteiger partial charge in [-0.2, -0.15) is 0 Å². The average molecular weight is 529 g/mol. The zero-order valence-corrected chi connectivity index (χ0v) is 23.4. The summed E-state index contributed by atoms with van der Waals surface area (Å²) < 4.78 is 5.64. The summed E-state index contributed by atoms with van der Waals surface area (Å²) in [4.78, 5) is 45.8. The number of nitrogens with one attached hydrogen (secondary N) is 1. The van der Waals surface area contributed by atoms with E-state index in [-0.39, 0.29) is 42.2 Å². The highest BCUT2D eigenvalue weighted by molar-refractivity contribution is 7.13. The number of amides is 2. The second-order valence-corrected chi connectivity index (χ2v) is 11.9. The molecule has 1 aromatic heterocycles. The second-order valence-electron chi connectivity index (χ2n) is 11.0. The van der Waals surface area contributed by atoms with Crippen LogP contribution in [0.1, 0.15) is 77.1 Å². The van der Waals surface area contributed by atoms with Crippen LogP contribution in [-0.4, -0.2) is 52.9 Å². The first-order valence-corrected chi connectivity index (χ1v) is 13.9. The number of hydrogen-bond donors (Lipinski definition) is 2. The molecule has 0 saturated carbocycles. The number of nitrogens with zero attached hydrogens (tertiary/aromatic N) is 2. The molecular formula is C28H40N4O4S. The van der Waals surface area contributed by atoms with E-state index in [0.29, 0.717) is 25.8 Å². The standard InChI is InChI=1S/C28H40N4O4S/c1-18(20-9-11-21(12-10-20)26-19(2)30-17-37-26)31-27(35)23-14-22(36-25(34)8-6-7-13-29)16-32(23)24(33)15-28(3,4)5/h9-12,17-18,22-23H,6-8,13-16,29H2,1-5H3,(H,31,35)/t18-,22+,23-/m0/s1. The van der Waals surface area contributed by atoms with E-state index < -0.39 is 12.1 Å². The van der Waals surface area contributed by atoms with E-state index in [1.807, 2.05) is 64.4 Å². The van der Waals surface area contributed by atoms with Gasteiger partial charge in [-0.25, -0.2) is 4.98 Å². The molecule has 202 valence electrons. The van der Waals surface area contributed by atoms with Crippen molar-refractivity contribution in [1.29, 1.82) is 0 Å². The Balaban J connectivity index is 1.68. The van der Waals surface area contributed by atoms with E-state index in [2.05, 4.69) is 10.3 Å². The number of nitrogens with two attached hydrogens (primary N) is 1. The third kappa shape index (κ3) is 8.10. The van der Waals surface area contributed by atoms with E-state index in [1.54, 1.807) is 16.2 Å². The number of carbonyl (C=O) groups is 3. The summed E-state index contributed by atoms with van der Waals surface area (Å²) in [5.41, 5.74) is 10.2. The molecule has 3 atom stereocenters. The molecule has 37 heavy (non-hydrogen) atoms.